The van der Waals surface area contributed by atoms with E-state index in [1.54, 1.807) is 13.1 Å². The van der Waals surface area contributed by atoms with Gasteiger partial charge in [0.25, 0.3) is 0 Å². The number of aliphatic imine (C=N–C) groups is 1. The third-order valence-electron chi connectivity index (χ3n) is 4.43. The topological polar surface area (TPSA) is 86.8 Å². The molecule has 1 saturated heterocycles. The van der Waals surface area contributed by atoms with Gasteiger partial charge >= 0.3 is 0 Å². The highest BCUT2D eigenvalue weighted by atomic mass is 127. The summed E-state index contributed by atoms with van der Waals surface area (Å²) in [4.78, 5) is 24.6. The normalized spacial score (nSPS) is 14.5. The number of benzene rings is 1. The molecule has 144 valence electrons. The van der Waals surface area contributed by atoms with Crippen LogP contribution in [-0.4, -0.2) is 55.0 Å². The lowest BCUT2D eigenvalue weighted by molar-refractivity contribution is 0.1000. The van der Waals surface area contributed by atoms with Crippen molar-refractivity contribution in [1.29, 1.82) is 0 Å². The first-order chi connectivity index (χ1) is 12.7. The third kappa shape index (κ3) is 5.56. The molecule has 1 fully saturated rings. The molecule has 0 saturated carbocycles. The predicted molar refractivity (Wildman–Crippen MR) is 119 cm³/mol. The Hall–Kier alpha value is -2.36. The summed E-state index contributed by atoms with van der Waals surface area (Å²) in [6.07, 6.45) is 1.82. The van der Waals surface area contributed by atoms with Crippen LogP contribution in [0.5, 0.6) is 0 Å². The summed E-state index contributed by atoms with van der Waals surface area (Å²) in [7, 11) is 1.79. The molecule has 1 aliphatic rings. The van der Waals surface area contributed by atoms with E-state index in [0.717, 1.165) is 43.5 Å². The number of anilines is 1. The van der Waals surface area contributed by atoms with Crippen LogP contribution in [0.3, 0.4) is 0 Å². The van der Waals surface area contributed by atoms with Crippen LogP contribution in [-0.2, 0) is 6.54 Å². The van der Waals surface area contributed by atoms with Crippen LogP contribution < -0.4 is 16.0 Å². The van der Waals surface area contributed by atoms with E-state index in [9.17, 15) is 4.79 Å². The van der Waals surface area contributed by atoms with Gasteiger partial charge in [-0.3, -0.25) is 9.79 Å². The van der Waals surface area contributed by atoms with E-state index >= 15 is 0 Å². The number of nitrogens with zero attached hydrogens (tertiary/aromatic N) is 4. The van der Waals surface area contributed by atoms with Crippen molar-refractivity contribution in [1.82, 2.24) is 15.2 Å². The van der Waals surface area contributed by atoms with E-state index in [2.05, 4.69) is 25.1 Å². The molecule has 0 unspecified atom stereocenters. The maximum absolute atomic E-state index is 11.3. The van der Waals surface area contributed by atoms with Gasteiger partial charge < -0.3 is 20.9 Å². The Morgan fingerprint density at radius 2 is 1.96 bits per heavy atom. The Labute approximate surface area is 176 Å². The van der Waals surface area contributed by atoms with Gasteiger partial charge in [0, 0.05) is 51.5 Å². The number of pyridine rings is 1. The fourth-order valence-corrected chi connectivity index (χ4v) is 3.04. The molecule has 1 amide bonds. The summed E-state index contributed by atoms with van der Waals surface area (Å²) in [5, 5.41) is 3.37. The van der Waals surface area contributed by atoms with E-state index in [0.29, 0.717) is 12.1 Å². The number of piperazine rings is 1. The first kappa shape index (κ1) is 20.9. The minimum atomic E-state index is -0.415. The minimum Gasteiger partial charge on any atom is -0.366 e. The van der Waals surface area contributed by atoms with E-state index < -0.39 is 5.91 Å². The Balaban J connectivity index is 0.00000261. The zero-order valence-corrected chi connectivity index (χ0v) is 17.7. The van der Waals surface area contributed by atoms with Crippen molar-refractivity contribution in [3.63, 3.8) is 0 Å². The summed E-state index contributed by atoms with van der Waals surface area (Å²) < 4.78 is 0. The molecule has 0 bridgehead atoms. The first-order valence-electron chi connectivity index (χ1n) is 8.67. The molecule has 8 heteroatoms. The molecule has 0 spiro atoms. The fraction of sp³-hybridized carbons (Fsp3) is 0.316. The van der Waals surface area contributed by atoms with E-state index in [1.165, 1.54) is 0 Å². The molecule has 3 rings (SSSR count). The smallest absolute Gasteiger partial charge is 0.248 e. The van der Waals surface area contributed by atoms with E-state index in [4.69, 9.17) is 5.73 Å². The van der Waals surface area contributed by atoms with Gasteiger partial charge in [0.15, 0.2) is 5.96 Å². The largest absolute Gasteiger partial charge is 0.366 e. The minimum absolute atomic E-state index is 0. The zero-order valence-electron chi connectivity index (χ0n) is 15.3. The molecular formula is C19H25IN6O. The number of hydrogen-bond acceptors (Lipinski definition) is 4. The standard InChI is InChI=1S/C19H24N6O.HI/c1-21-19(23-14-15-5-4-6-16(13-15)18(20)26)25-11-9-24(10-12-25)17-7-2-3-8-22-17;/h2-8,13H,9-12,14H2,1H3,(H2,20,26)(H,21,23);1H. The number of carbonyl (C=O) groups excluding carboxylic acids is 1. The number of guanidine groups is 1. The number of amides is 1. The summed E-state index contributed by atoms with van der Waals surface area (Å²) in [6.45, 7) is 4.13. The summed E-state index contributed by atoms with van der Waals surface area (Å²) in [5.74, 6) is 1.45. The third-order valence-corrected chi connectivity index (χ3v) is 4.43. The van der Waals surface area contributed by atoms with Crippen LogP contribution in [0, 0.1) is 0 Å². The van der Waals surface area contributed by atoms with Gasteiger partial charge in [0.1, 0.15) is 5.82 Å². The molecule has 7 nitrogen and oxygen atoms in total. The summed E-state index contributed by atoms with van der Waals surface area (Å²) in [5.41, 5.74) is 6.85. The molecule has 1 aromatic carbocycles. The van der Waals surface area contributed by atoms with Crippen LogP contribution in [0.4, 0.5) is 5.82 Å². The van der Waals surface area contributed by atoms with Gasteiger partial charge in [-0.2, -0.15) is 0 Å². The van der Waals surface area contributed by atoms with Crippen LogP contribution in [0.15, 0.2) is 53.7 Å². The van der Waals surface area contributed by atoms with Crippen LogP contribution in [0.25, 0.3) is 0 Å². The van der Waals surface area contributed by atoms with Crippen molar-refractivity contribution in [3.05, 3.63) is 59.8 Å². The van der Waals surface area contributed by atoms with E-state index in [1.807, 2.05) is 42.6 Å². The molecule has 2 aromatic rings. The highest BCUT2D eigenvalue weighted by molar-refractivity contribution is 14.0. The molecule has 27 heavy (non-hydrogen) atoms. The second kappa shape index (κ2) is 10.1. The van der Waals surface area contributed by atoms with Crippen molar-refractivity contribution < 1.29 is 4.79 Å². The fourth-order valence-electron chi connectivity index (χ4n) is 3.04. The summed E-state index contributed by atoms with van der Waals surface area (Å²) in [6, 6.07) is 13.3. The highest BCUT2D eigenvalue weighted by Gasteiger charge is 2.20. The van der Waals surface area contributed by atoms with Crippen molar-refractivity contribution in [3.8, 4) is 0 Å². The maximum Gasteiger partial charge on any atom is 0.248 e. The molecular weight excluding hydrogens is 455 g/mol. The lowest BCUT2D eigenvalue weighted by atomic mass is 10.1. The molecule has 0 radical (unpaired) electrons. The Bertz CT molecular complexity index is 775. The number of nitrogens with one attached hydrogen (secondary N) is 1. The number of halogens is 1. The van der Waals surface area contributed by atoms with Crippen LogP contribution in [0.1, 0.15) is 15.9 Å². The van der Waals surface area contributed by atoms with Gasteiger partial charge in [-0.1, -0.05) is 18.2 Å². The Morgan fingerprint density at radius 1 is 1.19 bits per heavy atom. The number of hydrogen-bond donors (Lipinski definition) is 2. The molecule has 0 aliphatic carbocycles. The molecule has 3 N–H and O–H groups in total. The number of carbonyl (C=O) groups is 1. The number of nitrogens with two attached hydrogens (primary N) is 1. The highest BCUT2D eigenvalue weighted by Crippen LogP contribution is 2.12. The number of aromatic nitrogens is 1. The van der Waals surface area contributed by atoms with Gasteiger partial charge in [0.2, 0.25) is 5.91 Å². The second-order valence-corrected chi connectivity index (χ2v) is 6.13. The van der Waals surface area contributed by atoms with Crippen LogP contribution in [0.2, 0.25) is 0 Å². The van der Waals surface area contributed by atoms with E-state index in [-0.39, 0.29) is 24.0 Å². The van der Waals surface area contributed by atoms with Gasteiger partial charge in [-0.05, 0) is 29.8 Å². The van der Waals surface area contributed by atoms with Crippen molar-refractivity contribution in [2.24, 2.45) is 10.7 Å². The number of primary amides is 1. The average molecular weight is 480 g/mol. The lowest BCUT2D eigenvalue weighted by Crippen LogP contribution is -2.52. The molecule has 0 atom stereocenters. The first-order valence-corrected chi connectivity index (χ1v) is 8.67. The Morgan fingerprint density at radius 3 is 2.59 bits per heavy atom. The number of rotatable bonds is 4. The van der Waals surface area contributed by atoms with Crippen LogP contribution >= 0.6 is 24.0 Å². The summed E-state index contributed by atoms with van der Waals surface area (Å²) >= 11 is 0. The maximum atomic E-state index is 11.3. The zero-order chi connectivity index (χ0) is 18.4. The second-order valence-electron chi connectivity index (χ2n) is 6.13. The van der Waals surface area contributed by atoms with Crippen molar-refractivity contribution in [2.45, 2.75) is 6.54 Å². The van der Waals surface area contributed by atoms with Gasteiger partial charge in [0.05, 0.1) is 0 Å². The van der Waals surface area contributed by atoms with Crippen molar-refractivity contribution in [2.75, 3.05) is 38.1 Å². The molecule has 1 aliphatic heterocycles. The lowest BCUT2D eigenvalue weighted by Gasteiger charge is -2.37. The SMILES string of the molecule is CN=C(NCc1cccc(C(N)=O)c1)N1CCN(c2ccccn2)CC1.I. The van der Waals surface area contributed by atoms with Gasteiger partial charge in [-0.25, -0.2) is 4.98 Å². The predicted octanol–water partition coefficient (Wildman–Crippen LogP) is 1.70. The molecule has 2 heterocycles. The average Bonchev–Trinajstić information content (AvgIpc) is 2.70. The quantitative estimate of drug-likeness (QED) is 0.395. The van der Waals surface area contributed by atoms with Crippen molar-refractivity contribution >= 4 is 41.7 Å². The van der Waals surface area contributed by atoms with Gasteiger partial charge in [-0.15, -0.1) is 24.0 Å². The molecule has 1 aromatic heterocycles. The Kier molecular flexibility index (Phi) is 7.83. The monoisotopic (exact) mass is 480 g/mol.